The molecule has 0 saturated carbocycles. The predicted molar refractivity (Wildman–Crippen MR) is 87.2 cm³/mol. The number of rotatable bonds is 4. The molecule has 0 heterocycles. The molecule has 1 N–H and O–H groups in total. The highest BCUT2D eigenvalue weighted by atomic mass is 35.5. The van der Waals surface area contributed by atoms with Gasteiger partial charge >= 0.3 is 6.18 Å². The summed E-state index contributed by atoms with van der Waals surface area (Å²) < 4.78 is 60.7. The van der Waals surface area contributed by atoms with E-state index in [0.717, 1.165) is 24.5 Å². The highest BCUT2D eigenvalue weighted by Gasteiger charge is 2.29. The van der Waals surface area contributed by atoms with Gasteiger partial charge in [-0.15, -0.1) is 0 Å². The molecule has 0 aliphatic rings. The van der Waals surface area contributed by atoms with E-state index < -0.39 is 27.5 Å². The number of sulfone groups is 1. The molecular weight excluding hydrogens is 379 g/mol. The number of amides is 1. The van der Waals surface area contributed by atoms with Gasteiger partial charge in [-0.2, -0.15) is 13.2 Å². The van der Waals surface area contributed by atoms with E-state index in [9.17, 15) is 26.4 Å². The molecule has 1 amide bonds. The third kappa shape index (κ3) is 4.96. The van der Waals surface area contributed by atoms with Crippen LogP contribution in [0, 0.1) is 0 Å². The second-order valence-corrected chi connectivity index (χ2v) is 7.69. The smallest absolute Gasteiger partial charge is 0.348 e. The number of nitrogens with one attached hydrogen (secondary N) is 1. The standard InChI is InChI=1S/C16H13ClF3NO3S/c1-25(23,24)14-8-11(4-7-13(14)17)15(22)21-9-10-2-5-12(6-3-10)16(18,19)20/h2-8H,9H2,1H3,(H,21,22). The zero-order chi connectivity index (χ0) is 18.8. The number of carbonyl (C=O) groups excluding carboxylic acids is 1. The van der Waals surface area contributed by atoms with Crippen molar-refractivity contribution in [1.29, 1.82) is 0 Å². The van der Waals surface area contributed by atoms with E-state index in [-0.39, 0.29) is 22.0 Å². The molecular formula is C16H13ClF3NO3S. The summed E-state index contributed by atoms with van der Waals surface area (Å²) in [5.74, 6) is -0.568. The van der Waals surface area contributed by atoms with Gasteiger partial charge in [-0.25, -0.2) is 8.42 Å². The summed E-state index contributed by atoms with van der Waals surface area (Å²) in [6.07, 6.45) is -3.45. The van der Waals surface area contributed by atoms with Crippen molar-refractivity contribution in [2.24, 2.45) is 0 Å². The average molecular weight is 392 g/mol. The Balaban J connectivity index is 2.11. The molecule has 4 nitrogen and oxygen atoms in total. The Morgan fingerprint density at radius 1 is 1.12 bits per heavy atom. The van der Waals surface area contributed by atoms with Gasteiger partial charge in [0.05, 0.1) is 15.5 Å². The molecule has 0 aromatic heterocycles. The van der Waals surface area contributed by atoms with Crippen molar-refractivity contribution in [1.82, 2.24) is 5.32 Å². The Morgan fingerprint density at radius 2 is 1.72 bits per heavy atom. The van der Waals surface area contributed by atoms with E-state index >= 15 is 0 Å². The fourth-order valence-electron chi connectivity index (χ4n) is 2.02. The lowest BCUT2D eigenvalue weighted by Crippen LogP contribution is -2.23. The maximum Gasteiger partial charge on any atom is 0.416 e. The van der Waals surface area contributed by atoms with E-state index in [4.69, 9.17) is 11.6 Å². The van der Waals surface area contributed by atoms with Crippen LogP contribution in [0.15, 0.2) is 47.4 Å². The Bertz CT molecular complexity index is 894. The highest BCUT2D eigenvalue weighted by Crippen LogP contribution is 2.29. The average Bonchev–Trinajstić information content (AvgIpc) is 2.51. The van der Waals surface area contributed by atoms with Gasteiger partial charge < -0.3 is 5.32 Å². The minimum atomic E-state index is -4.42. The SMILES string of the molecule is CS(=O)(=O)c1cc(C(=O)NCc2ccc(C(F)(F)F)cc2)ccc1Cl. The van der Waals surface area contributed by atoms with Crippen molar-refractivity contribution in [3.05, 3.63) is 64.2 Å². The van der Waals surface area contributed by atoms with Crippen LogP contribution in [0.2, 0.25) is 5.02 Å². The lowest BCUT2D eigenvalue weighted by atomic mass is 10.1. The maximum absolute atomic E-state index is 12.5. The topological polar surface area (TPSA) is 63.2 Å². The molecule has 0 aliphatic heterocycles. The quantitative estimate of drug-likeness (QED) is 0.864. The normalized spacial score (nSPS) is 12.0. The van der Waals surface area contributed by atoms with Crippen LogP contribution in [-0.4, -0.2) is 20.6 Å². The van der Waals surface area contributed by atoms with Crippen LogP contribution in [0.4, 0.5) is 13.2 Å². The number of alkyl halides is 3. The van der Waals surface area contributed by atoms with Gasteiger partial charge in [-0.05, 0) is 35.9 Å². The molecule has 9 heteroatoms. The first kappa shape index (κ1) is 19.3. The lowest BCUT2D eigenvalue weighted by molar-refractivity contribution is -0.137. The van der Waals surface area contributed by atoms with Gasteiger partial charge in [0.25, 0.3) is 5.91 Å². The Morgan fingerprint density at radius 3 is 2.24 bits per heavy atom. The zero-order valence-corrected chi connectivity index (χ0v) is 14.5. The number of benzene rings is 2. The number of halogens is 4. The summed E-state index contributed by atoms with van der Waals surface area (Å²) in [4.78, 5) is 11.9. The van der Waals surface area contributed by atoms with Crippen molar-refractivity contribution in [3.63, 3.8) is 0 Å². The summed E-state index contributed by atoms with van der Waals surface area (Å²) in [5.41, 5.74) is -0.228. The van der Waals surface area contributed by atoms with Crippen molar-refractivity contribution < 1.29 is 26.4 Å². The van der Waals surface area contributed by atoms with Gasteiger partial charge in [-0.3, -0.25) is 4.79 Å². The third-order valence-corrected chi connectivity index (χ3v) is 4.91. The van der Waals surface area contributed by atoms with Crippen LogP contribution in [0.5, 0.6) is 0 Å². The van der Waals surface area contributed by atoms with Crippen LogP contribution in [0.1, 0.15) is 21.5 Å². The molecule has 25 heavy (non-hydrogen) atoms. The zero-order valence-electron chi connectivity index (χ0n) is 12.9. The first-order chi connectivity index (χ1) is 11.5. The van der Waals surface area contributed by atoms with Crippen molar-refractivity contribution in [2.45, 2.75) is 17.6 Å². The maximum atomic E-state index is 12.5. The van der Waals surface area contributed by atoms with Gasteiger partial charge in [0, 0.05) is 18.4 Å². The largest absolute Gasteiger partial charge is 0.416 e. The summed E-state index contributed by atoms with van der Waals surface area (Å²) in [7, 11) is -3.59. The van der Waals surface area contributed by atoms with Crippen LogP contribution in [0.3, 0.4) is 0 Å². The fourth-order valence-corrected chi connectivity index (χ4v) is 3.33. The first-order valence-electron chi connectivity index (χ1n) is 6.92. The first-order valence-corrected chi connectivity index (χ1v) is 9.19. The van der Waals surface area contributed by atoms with Crippen molar-refractivity contribution >= 4 is 27.3 Å². The van der Waals surface area contributed by atoms with E-state index in [0.29, 0.717) is 5.56 Å². The van der Waals surface area contributed by atoms with Gasteiger partial charge in [-0.1, -0.05) is 23.7 Å². The van der Waals surface area contributed by atoms with E-state index in [1.165, 1.54) is 24.3 Å². The van der Waals surface area contributed by atoms with E-state index in [1.807, 2.05) is 0 Å². The van der Waals surface area contributed by atoms with Gasteiger partial charge in [0.1, 0.15) is 0 Å². The molecule has 0 atom stereocenters. The number of carbonyl (C=O) groups is 1. The van der Waals surface area contributed by atoms with Crippen LogP contribution >= 0.6 is 11.6 Å². The minimum Gasteiger partial charge on any atom is -0.348 e. The van der Waals surface area contributed by atoms with Gasteiger partial charge in [0.2, 0.25) is 0 Å². The summed E-state index contributed by atoms with van der Waals surface area (Å²) in [5, 5.41) is 2.52. The summed E-state index contributed by atoms with van der Waals surface area (Å²) in [6, 6.07) is 8.17. The molecule has 2 rings (SSSR count). The lowest BCUT2D eigenvalue weighted by Gasteiger charge is -2.09. The summed E-state index contributed by atoms with van der Waals surface area (Å²) >= 11 is 5.81. The Kier molecular flexibility index (Phi) is 5.43. The van der Waals surface area contributed by atoms with E-state index in [2.05, 4.69) is 5.32 Å². The van der Waals surface area contributed by atoms with Gasteiger partial charge in [0.15, 0.2) is 9.84 Å². The molecule has 0 bridgehead atoms. The molecule has 2 aromatic rings. The molecule has 2 aromatic carbocycles. The highest BCUT2D eigenvalue weighted by molar-refractivity contribution is 7.90. The second kappa shape index (κ2) is 7.05. The van der Waals surface area contributed by atoms with Crippen molar-refractivity contribution in [3.8, 4) is 0 Å². The molecule has 0 radical (unpaired) electrons. The van der Waals surface area contributed by atoms with Crippen molar-refractivity contribution in [2.75, 3.05) is 6.26 Å². The Labute approximate surface area is 147 Å². The molecule has 0 saturated heterocycles. The molecule has 134 valence electrons. The fraction of sp³-hybridized carbons (Fsp3) is 0.188. The number of hydrogen-bond donors (Lipinski definition) is 1. The van der Waals surface area contributed by atoms with E-state index in [1.54, 1.807) is 0 Å². The monoisotopic (exact) mass is 391 g/mol. The van der Waals surface area contributed by atoms with Crippen LogP contribution in [-0.2, 0) is 22.6 Å². The second-order valence-electron chi connectivity index (χ2n) is 5.29. The Hall–Kier alpha value is -2.06. The molecule has 0 fully saturated rings. The predicted octanol–water partition coefficient (Wildman–Crippen LogP) is 3.69. The molecule has 0 aliphatic carbocycles. The van der Waals surface area contributed by atoms with Crippen LogP contribution < -0.4 is 5.32 Å². The minimum absolute atomic E-state index is 0.00166. The molecule has 0 spiro atoms. The summed E-state index contributed by atoms with van der Waals surface area (Å²) in [6.45, 7) is -0.00615. The number of hydrogen-bond acceptors (Lipinski definition) is 3. The third-order valence-electron chi connectivity index (χ3n) is 3.33. The molecule has 0 unspecified atom stereocenters. The van der Waals surface area contributed by atoms with Crippen LogP contribution in [0.25, 0.3) is 0 Å².